The first kappa shape index (κ1) is 13.7. The summed E-state index contributed by atoms with van der Waals surface area (Å²) in [5, 5.41) is 0. The van der Waals surface area contributed by atoms with E-state index in [0.717, 1.165) is 31.7 Å². The molecule has 1 N–H and O–H groups in total. The van der Waals surface area contributed by atoms with Gasteiger partial charge < -0.3 is 14.6 Å². The molecule has 3 rings (SSSR count). The van der Waals surface area contributed by atoms with Gasteiger partial charge in [-0.3, -0.25) is 4.79 Å². The van der Waals surface area contributed by atoms with Crippen LogP contribution in [0.2, 0.25) is 0 Å². The van der Waals surface area contributed by atoms with Crippen molar-refractivity contribution < 1.29 is 4.74 Å². The maximum Gasteiger partial charge on any atom is 0.271 e. The smallest absolute Gasteiger partial charge is 0.271 e. The van der Waals surface area contributed by atoms with Gasteiger partial charge in [-0.25, -0.2) is 0 Å². The number of likely N-dealkylation sites (N-methyl/N-ethyl adjacent to an activating group) is 1. The van der Waals surface area contributed by atoms with Crippen molar-refractivity contribution in [2.45, 2.75) is 25.9 Å². The predicted molar refractivity (Wildman–Crippen MR) is 84.1 cm³/mol. The predicted octanol–water partition coefficient (Wildman–Crippen LogP) is 2.60. The Morgan fingerprint density at radius 2 is 2.14 bits per heavy atom. The van der Waals surface area contributed by atoms with Crippen molar-refractivity contribution in [2.24, 2.45) is 0 Å². The van der Waals surface area contributed by atoms with Gasteiger partial charge in [0, 0.05) is 12.7 Å². The topological polar surface area (TPSA) is 45.3 Å². The largest absolute Gasteiger partial charge is 0.488 e. The summed E-state index contributed by atoms with van der Waals surface area (Å²) < 4.78 is 6.07. The molecule has 1 aromatic heterocycles. The van der Waals surface area contributed by atoms with Crippen LogP contribution in [0.25, 0.3) is 0 Å². The number of hydrogen-bond donors (Lipinski definition) is 1. The Bertz CT molecular complexity index is 666. The van der Waals surface area contributed by atoms with E-state index in [1.54, 1.807) is 6.20 Å². The number of aromatic nitrogens is 1. The van der Waals surface area contributed by atoms with Gasteiger partial charge >= 0.3 is 0 Å². The van der Waals surface area contributed by atoms with Gasteiger partial charge in [0.1, 0.15) is 17.5 Å². The number of H-pyrrole nitrogens is 1. The fourth-order valence-corrected chi connectivity index (χ4v) is 2.81. The van der Waals surface area contributed by atoms with Crippen LogP contribution < -0.4 is 15.2 Å². The molecule has 0 spiro atoms. The molecule has 0 saturated heterocycles. The molecule has 1 aliphatic heterocycles. The SMILES string of the molecule is CCN(CC1CCc2ccccc2O1)c1ccc[nH]c1=O. The van der Waals surface area contributed by atoms with Crippen LogP contribution >= 0.6 is 0 Å². The number of anilines is 1. The maximum atomic E-state index is 11.9. The standard InChI is InChI=1S/C17H20N2O2/c1-2-19(15-7-5-11-18-17(15)20)12-14-10-9-13-6-3-4-8-16(13)21-14/h3-8,11,14H,2,9-10,12H2,1H3,(H,18,20). The van der Waals surface area contributed by atoms with E-state index in [2.05, 4.69) is 22.9 Å². The highest BCUT2D eigenvalue weighted by molar-refractivity contribution is 5.44. The van der Waals surface area contributed by atoms with Crippen molar-refractivity contribution >= 4 is 5.69 Å². The average Bonchev–Trinajstić information content (AvgIpc) is 2.53. The zero-order valence-electron chi connectivity index (χ0n) is 12.2. The normalized spacial score (nSPS) is 16.9. The zero-order chi connectivity index (χ0) is 14.7. The Labute approximate surface area is 124 Å². The van der Waals surface area contributed by atoms with Crippen molar-refractivity contribution in [2.75, 3.05) is 18.0 Å². The highest BCUT2D eigenvalue weighted by atomic mass is 16.5. The molecule has 1 atom stereocenters. The molecule has 4 heteroatoms. The lowest BCUT2D eigenvalue weighted by molar-refractivity contribution is 0.178. The molecule has 0 fully saturated rings. The molecule has 1 unspecified atom stereocenters. The third-order valence-electron chi connectivity index (χ3n) is 3.95. The number of rotatable bonds is 4. The summed E-state index contributed by atoms with van der Waals surface area (Å²) in [4.78, 5) is 16.7. The molecule has 0 amide bonds. The Hall–Kier alpha value is -2.23. The van der Waals surface area contributed by atoms with E-state index in [4.69, 9.17) is 4.74 Å². The van der Waals surface area contributed by atoms with Crippen LogP contribution in [-0.4, -0.2) is 24.2 Å². The van der Waals surface area contributed by atoms with E-state index in [1.807, 2.05) is 30.3 Å². The number of pyridine rings is 1. The van der Waals surface area contributed by atoms with Crippen LogP contribution in [-0.2, 0) is 6.42 Å². The van der Waals surface area contributed by atoms with Crippen molar-refractivity contribution in [1.29, 1.82) is 0 Å². The second kappa shape index (κ2) is 6.04. The fraction of sp³-hybridized carbons (Fsp3) is 0.353. The van der Waals surface area contributed by atoms with E-state index in [0.29, 0.717) is 5.69 Å². The van der Waals surface area contributed by atoms with Crippen LogP contribution in [0, 0.1) is 0 Å². The van der Waals surface area contributed by atoms with Gasteiger partial charge in [-0.05, 0) is 43.5 Å². The van der Waals surface area contributed by atoms with Gasteiger partial charge in [0.15, 0.2) is 0 Å². The Kier molecular flexibility index (Phi) is 3.95. The number of para-hydroxylation sites is 1. The third-order valence-corrected chi connectivity index (χ3v) is 3.95. The van der Waals surface area contributed by atoms with Gasteiger partial charge in [0.25, 0.3) is 5.56 Å². The summed E-state index contributed by atoms with van der Waals surface area (Å²) in [6, 6.07) is 11.9. The summed E-state index contributed by atoms with van der Waals surface area (Å²) in [7, 11) is 0. The average molecular weight is 284 g/mol. The van der Waals surface area contributed by atoms with Crippen molar-refractivity contribution in [3.05, 3.63) is 58.5 Å². The number of nitrogens with zero attached hydrogens (tertiary/aromatic N) is 1. The van der Waals surface area contributed by atoms with Gasteiger partial charge in [-0.2, -0.15) is 0 Å². The Morgan fingerprint density at radius 3 is 2.95 bits per heavy atom. The summed E-state index contributed by atoms with van der Waals surface area (Å²) in [5.74, 6) is 0.978. The summed E-state index contributed by atoms with van der Waals surface area (Å²) in [5.41, 5.74) is 1.94. The number of ether oxygens (including phenoxy) is 1. The Balaban J connectivity index is 1.74. The lowest BCUT2D eigenvalue weighted by Crippen LogP contribution is -2.39. The van der Waals surface area contributed by atoms with Crippen LogP contribution in [0.5, 0.6) is 5.75 Å². The molecule has 0 saturated carbocycles. The molecular formula is C17H20N2O2. The molecule has 21 heavy (non-hydrogen) atoms. The molecule has 0 aliphatic carbocycles. The molecule has 110 valence electrons. The van der Waals surface area contributed by atoms with Crippen molar-refractivity contribution in [3.63, 3.8) is 0 Å². The number of benzene rings is 1. The monoisotopic (exact) mass is 284 g/mol. The molecule has 0 radical (unpaired) electrons. The van der Waals surface area contributed by atoms with Crippen molar-refractivity contribution in [3.8, 4) is 5.75 Å². The van der Waals surface area contributed by atoms with E-state index >= 15 is 0 Å². The van der Waals surface area contributed by atoms with Gasteiger partial charge in [-0.15, -0.1) is 0 Å². The van der Waals surface area contributed by atoms with Crippen LogP contribution in [0.1, 0.15) is 18.9 Å². The lowest BCUT2D eigenvalue weighted by Gasteiger charge is -2.31. The van der Waals surface area contributed by atoms with Crippen LogP contribution in [0.3, 0.4) is 0 Å². The number of aromatic amines is 1. The number of nitrogens with one attached hydrogen (secondary N) is 1. The molecule has 2 aromatic rings. The summed E-state index contributed by atoms with van der Waals surface area (Å²) >= 11 is 0. The first-order valence-electron chi connectivity index (χ1n) is 7.45. The number of fused-ring (bicyclic) bond motifs is 1. The lowest BCUT2D eigenvalue weighted by atomic mass is 10.0. The summed E-state index contributed by atoms with van der Waals surface area (Å²) in [6.45, 7) is 3.58. The van der Waals surface area contributed by atoms with Gasteiger partial charge in [0.2, 0.25) is 0 Å². The van der Waals surface area contributed by atoms with E-state index in [1.165, 1.54) is 5.56 Å². The third kappa shape index (κ3) is 2.94. The minimum absolute atomic E-state index is 0.0458. The first-order chi connectivity index (χ1) is 10.3. The number of aryl methyl sites for hydroxylation is 1. The Morgan fingerprint density at radius 1 is 1.29 bits per heavy atom. The second-order valence-corrected chi connectivity index (χ2v) is 5.31. The van der Waals surface area contributed by atoms with E-state index in [9.17, 15) is 4.79 Å². The van der Waals surface area contributed by atoms with E-state index in [-0.39, 0.29) is 11.7 Å². The van der Waals surface area contributed by atoms with E-state index < -0.39 is 0 Å². The van der Waals surface area contributed by atoms with Gasteiger partial charge in [-0.1, -0.05) is 18.2 Å². The van der Waals surface area contributed by atoms with Crippen LogP contribution in [0.15, 0.2) is 47.4 Å². The molecule has 1 aromatic carbocycles. The first-order valence-corrected chi connectivity index (χ1v) is 7.45. The maximum absolute atomic E-state index is 11.9. The minimum Gasteiger partial charge on any atom is -0.488 e. The molecule has 4 nitrogen and oxygen atoms in total. The molecular weight excluding hydrogens is 264 g/mol. The number of hydrogen-bond acceptors (Lipinski definition) is 3. The highest BCUT2D eigenvalue weighted by Gasteiger charge is 2.22. The minimum atomic E-state index is -0.0458. The quantitative estimate of drug-likeness (QED) is 0.938. The molecule has 1 aliphatic rings. The molecule has 0 bridgehead atoms. The van der Waals surface area contributed by atoms with Gasteiger partial charge in [0.05, 0.1) is 6.54 Å². The van der Waals surface area contributed by atoms with Crippen LogP contribution in [0.4, 0.5) is 5.69 Å². The fourth-order valence-electron chi connectivity index (χ4n) is 2.81. The summed E-state index contributed by atoms with van der Waals surface area (Å²) in [6.07, 6.45) is 3.80. The zero-order valence-corrected chi connectivity index (χ0v) is 12.2. The second-order valence-electron chi connectivity index (χ2n) is 5.31. The van der Waals surface area contributed by atoms with Crippen molar-refractivity contribution in [1.82, 2.24) is 4.98 Å². The molecule has 2 heterocycles. The highest BCUT2D eigenvalue weighted by Crippen LogP contribution is 2.27.